The second-order valence-electron chi connectivity index (χ2n) is 11.2. The second kappa shape index (κ2) is 12.0. The van der Waals surface area contributed by atoms with Crippen LogP contribution in [0.4, 0.5) is 10.1 Å². The average molecular weight is 645 g/mol. The first kappa shape index (κ1) is 29.9. The highest BCUT2D eigenvalue weighted by atomic mass is 79.9. The zero-order chi connectivity index (χ0) is 30.9. The molecule has 3 aromatic carbocycles. The Labute approximate surface area is 257 Å². The summed E-state index contributed by atoms with van der Waals surface area (Å²) in [5.41, 5.74) is 3.72. The van der Waals surface area contributed by atoms with Gasteiger partial charge in [-0.15, -0.1) is 0 Å². The van der Waals surface area contributed by atoms with Crippen molar-refractivity contribution in [2.75, 3.05) is 11.9 Å². The lowest BCUT2D eigenvalue weighted by Gasteiger charge is -2.20. The molecule has 2 heterocycles. The number of anilines is 1. The maximum absolute atomic E-state index is 13.8. The highest BCUT2D eigenvalue weighted by Crippen LogP contribution is 2.25. The summed E-state index contributed by atoms with van der Waals surface area (Å²) in [6.07, 6.45) is 1.69. The van der Waals surface area contributed by atoms with E-state index in [0.717, 1.165) is 27.1 Å². The zero-order valence-electron chi connectivity index (χ0n) is 24.5. The summed E-state index contributed by atoms with van der Waals surface area (Å²) in [6, 6.07) is 20.7. The molecule has 0 saturated carbocycles. The minimum absolute atomic E-state index is 0.105. The minimum atomic E-state index is -0.508. The molecule has 10 heteroatoms. The van der Waals surface area contributed by atoms with Gasteiger partial charge in [0.05, 0.1) is 22.8 Å². The third kappa shape index (κ3) is 6.44. The van der Waals surface area contributed by atoms with Crippen LogP contribution >= 0.6 is 15.9 Å². The number of nitrogens with zero attached hydrogens (tertiary/aromatic N) is 4. The largest absolute Gasteiger partial charge is 0.484 e. The first-order valence-corrected chi connectivity index (χ1v) is 14.5. The average Bonchev–Trinajstić information content (AvgIpc) is 3.25. The van der Waals surface area contributed by atoms with E-state index in [9.17, 15) is 14.0 Å². The molecule has 1 amide bonds. The third-order valence-electron chi connectivity index (χ3n) is 6.87. The van der Waals surface area contributed by atoms with Gasteiger partial charge >= 0.3 is 0 Å². The molecule has 0 fully saturated rings. The van der Waals surface area contributed by atoms with Gasteiger partial charge in [0.25, 0.3) is 11.5 Å². The summed E-state index contributed by atoms with van der Waals surface area (Å²) in [6.45, 7) is 9.71. The monoisotopic (exact) mass is 643 g/mol. The van der Waals surface area contributed by atoms with E-state index in [1.165, 1.54) is 16.8 Å². The summed E-state index contributed by atoms with van der Waals surface area (Å²) in [5, 5.41) is 7.61. The molecule has 0 radical (unpaired) electrons. The van der Waals surface area contributed by atoms with Crippen LogP contribution in [-0.4, -0.2) is 33.0 Å². The summed E-state index contributed by atoms with van der Waals surface area (Å²) < 4.78 is 23.6. The quantitative estimate of drug-likeness (QED) is 0.195. The van der Waals surface area contributed by atoms with Crippen LogP contribution in [0.2, 0.25) is 0 Å². The fourth-order valence-corrected chi connectivity index (χ4v) is 5.13. The summed E-state index contributed by atoms with van der Waals surface area (Å²) in [7, 11) is 0. The van der Waals surface area contributed by atoms with Gasteiger partial charge in [0, 0.05) is 32.5 Å². The molecule has 5 rings (SSSR count). The summed E-state index contributed by atoms with van der Waals surface area (Å²) >= 11 is 3.45. The van der Waals surface area contributed by atoms with Crippen molar-refractivity contribution in [1.82, 2.24) is 14.2 Å². The maximum Gasteiger partial charge on any atom is 0.282 e. The van der Waals surface area contributed by atoms with Gasteiger partial charge in [0.15, 0.2) is 6.61 Å². The second-order valence-corrected chi connectivity index (χ2v) is 12.1. The number of carbonyl (C=O) groups excluding carboxylic acids is 1. The standard InChI is InChI=1S/C33H31BrFN5O3/c1-20-16-22(18-36-40-31(42)26-17-23(34)10-15-28(26)38-32(40)33(3,4)5)21(2)39(20)24-11-13-25(14-12-24)43-19-30(41)37-29-9-7-6-8-27(29)35/h6-18H,19H2,1-5H3,(H,37,41). The highest BCUT2D eigenvalue weighted by Gasteiger charge is 2.23. The number of aryl methyl sites for hydroxylation is 1. The van der Waals surface area contributed by atoms with E-state index in [2.05, 4.69) is 30.9 Å². The van der Waals surface area contributed by atoms with Crippen molar-refractivity contribution in [1.29, 1.82) is 0 Å². The Kier molecular flexibility index (Phi) is 8.32. The number of amides is 1. The number of hydrogen-bond donors (Lipinski definition) is 1. The topological polar surface area (TPSA) is 90.5 Å². The fraction of sp³-hybridized carbons (Fsp3) is 0.212. The fourth-order valence-electron chi connectivity index (χ4n) is 4.77. The Bertz CT molecular complexity index is 1920. The molecule has 0 spiro atoms. The molecule has 220 valence electrons. The van der Waals surface area contributed by atoms with Crippen molar-refractivity contribution in [3.05, 3.63) is 116 Å². The number of ether oxygens (including phenoxy) is 1. The van der Waals surface area contributed by atoms with Gasteiger partial charge in [0.2, 0.25) is 0 Å². The summed E-state index contributed by atoms with van der Waals surface area (Å²) in [5.74, 6) is 0.0981. The van der Waals surface area contributed by atoms with Gasteiger partial charge in [-0.1, -0.05) is 48.8 Å². The minimum Gasteiger partial charge on any atom is -0.484 e. The number of benzene rings is 3. The van der Waals surface area contributed by atoms with Crippen LogP contribution in [0, 0.1) is 19.7 Å². The van der Waals surface area contributed by atoms with Gasteiger partial charge in [-0.05, 0) is 74.5 Å². The van der Waals surface area contributed by atoms with Gasteiger partial charge in [-0.25, -0.2) is 9.37 Å². The van der Waals surface area contributed by atoms with Gasteiger partial charge in [-0.3, -0.25) is 9.59 Å². The van der Waals surface area contributed by atoms with Crippen molar-refractivity contribution in [3.63, 3.8) is 0 Å². The van der Waals surface area contributed by atoms with E-state index in [1.807, 2.05) is 65.0 Å². The van der Waals surface area contributed by atoms with E-state index in [-0.39, 0.29) is 17.9 Å². The smallest absolute Gasteiger partial charge is 0.282 e. The Morgan fingerprint density at radius 2 is 1.79 bits per heavy atom. The molecule has 0 aliphatic heterocycles. The summed E-state index contributed by atoms with van der Waals surface area (Å²) in [4.78, 5) is 30.5. The normalized spacial score (nSPS) is 11.8. The molecule has 0 atom stereocenters. The number of hydrogen-bond acceptors (Lipinski definition) is 5. The molecule has 0 aliphatic carbocycles. The first-order valence-electron chi connectivity index (χ1n) is 13.7. The van der Waals surface area contributed by atoms with Crippen LogP contribution in [0.1, 0.15) is 43.5 Å². The van der Waals surface area contributed by atoms with E-state index in [0.29, 0.717) is 22.5 Å². The number of carbonyl (C=O) groups is 1. The third-order valence-corrected chi connectivity index (χ3v) is 7.37. The molecule has 43 heavy (non-hydrogen) atoms. The molecule has 5 aromatic rings. The SMILES string of the molecule is Cc1cc(C=Nn2c(C(C)(C)C)nc3ccc(Br)cc3c2=O)c(C)n1-c1ccc(OCC(=O)Nc2ccccc2F)cc1. The van der Waals surface area contributed by atoms with Crippen LogP contribution in [0.3, 0.4) is 0 Å². The van der Waals surface area contributed by atoms with Crippen molar-refractivity contribution >= 4 is 44.6 Å². The van der Waals surface area contributed by atoms with Crippen LogP contribution < -0.4 is 15.6 Å². The van der Waals surface area contributed by atoms with E-state index < -0.39 is 17.1 Å². The molecule has 0 saturated heterocycles. The molecule has 8 nitrogen and oxygen atoms in total. The van der Waals surface area contributed by atoms with Gasteiger partial charge in [-0.2, -0.15) is 9.78 Å². The van der Waals surface area contributed by atoms with Gasteiger partial charge < -0.3 is 14.6 Å². The maximum atomic E-state index is 13.8. The van der Waals surface area contributed by atoms with Crippen LogP contribution in [0.5, 0.6) is 5.75 Å². The lowest BCUT2D eigenvalue weighted by atomic mass is 9.95. The Morgan fingerprint density at radius 3 is 2.49 bits per heavy atom. The molecule has 1 N–H and O–H groups in total. The molecule has 2 aromatic heterocycles. The highest BCUT2D eigenvalue weighted by molar-refractivity contribution is 9.10. The number of para-hydroxylation sites is 1. The van der Waals surface area contributed by atoms with E-state index >= 15 is 0 Å². The number of aromatic nitrogens is 3. The van der Waals surface area contributed by atoms with Crippen molar-refractivity contribution in [3.8, 4) is 11.4 Å². The lowest BCUT2D eigenvalue weighted by Crippen LogP contribution is -2.29. The predicted molar refractivity (Wildman–Crippen MR) is 171 cm³/mol. The van der Waals surface area contributed by atoms with Crippen molar-refractivity contribution < 1.29 is 13.9 Å². The molecule has 0 aliphatic rings. The van der Waals surface area contributed by atoms with Crippen LogP contribution in [0.25, 0.3) is 16.6 Å². The number of halogens is 2. The Morgan fingerprint density at radius 1 is 1.07 bits per heavy atom. The number of nitrogens with one attached hydrogen (secondary N) is 1. The molecular formula is C33H31BrFN5O3. The first-order chi connectivity index (χ1) is 20.4. The predicted octanol–water partition coefficient (Wildman–Crippen LogP) is 6.90. The molecule has 0 unspecified atom stereocenters. The molecule has 0 bridgehead atoms. The van der Waals surface area contributed by atoms with Crippen LogP contribution in [0.15, 0.2) is 87.2 Å². The zero-order valence-corrected chi connectivity index (χ0v) is 26.1. The van der Waals surface area contributed by atoms with Gasteiger partial charge in [0.1, 0.15) is 17.4 Å². The van der Waals surface area contributed by atoms with E-state index in [1.54, 1.807) is 36.5 Å². The van der Waals surface area contributed by atoms with E-state index in [4.69, 9.17) is 9.72 Å². The number of fused-ring (bicyclic) bond motifs is 1. The molecular weight excluding hydrogens is 613 g/mol. The Hall–Kier alpha value is -4.57. The van der Waals surface area contributed by atoms with Crippen LogP contribution in [-0.2, 0) is 10.2 Å². The lowest BCUT2D eigenvalue weighted by molar-refractivity contribution is -0.118. The number of rotatable bonds is 7. The Balaban J connectivity index is 1.37. The van der Waals surface area contributed by atoms with Crippen molar-refractivity contribution in [2.24, 2.45) is 5.10 Å². The van der Waals surface area contributed by atoms with Crippen molar-refractivity contribution in [2.45, 2.75) is 40.0 Å².